The van der Waals surface area contributed by atoms with Crippen molar-refractivity contribution in [3.63, 3.8) is 0 Å². The van der Waals surface area contributed by atoms with Crippen LogP contribution in [0.2, 0.25) is 0 Å². The summed E-state index contributed by atoms with van der Waals surface area (Å²) in [5, 5.41) is 9.93. The standard InChI is InChI=1S/C41H82N2O3/c1-3-5-7-9-11-13-15-17-19-21-23-25-27-29-31-33-37-43(39(41(45)46)35-36-40(42)44)38-34-32-30-28-26-24-22-20-18-16-14-12-10-8-6-4-2/h39H,3-38H2,1-2H3,(H2,42,44)(H,45,46)/t39-/m0/s1. The number of carboxylic acids is 1. The minimum Gasteiger partial charge on any atom is -0.480 e. The van der Waals surface area contributed by atoms with Gasteiger partial charge in [-0.15, -0.1) is 0 Å². The van der Waals surface area contributed by atoms with Crippen molar-refractivity contribution in [2.45, 2.75) is 238 Å². The lowest BCUT2D eigenvalue weighted by atomic mass is 10.0. The average Bonchev–Trinajstić information content (AvgIpc) is 3.03. The van der Waals surface area contributed by atoms with Crippen LogP contribution in [-0.4, -0.2) is 41.0 Å². The molecule has 274 valence electrons. The van der Waals surface area contributed by atoms with E-state index in [1.165, 1.54) is 180 Å². The van der Waals surface area contributed by atoms with Crippen LogP contribution in [0.4, 0.5) is 0 Å². The third-order valence-electron chi connectivity index (χ3n) is 9.99. The van der Waals surface area contributed by atoms with Crippen LogP contribution < -0.4 is 5.73 Å². The summed E-state index contributed by atoms with van der Waals surface area (Å²) in [5.41, 5.74) is 5.37. The molecule has 0 heterocycles. The number of rotatable bonds is 39. The second kappa shape index (κ2) is 36.7. The number of aliphatic carboxylic acids is 1. The van der Waals surface area contributed by atoms with Crippen molar-refractivity contribution in [2.75, 3.05) is 13.1 Å². The van der Waals surface area contributed by atoms with Crippen LogP contribution in [0.5, 0.6) is 0 Å². The molecule has 0 bridgehead atoms. The molecule has 0 saturated carbocycles. The molecule has 0 radical (unpaired) electrons. The molecule has 5 heteroatoms. The molecule has 0 saturated heterocycles. The normalized spacial score (nSPS) is 12.2. The summed E-state index contributed by atoms with van der Waals surface area (Å²) in [7, 11) is 0. The van der Waals surface area contributed by atoms with Gasteiger partial charge < -0.3 is 10.8 Å². The third-order valence-corrected chi connectivity index (χ3v) is 9.99. The quantitative estimate of drug-likeness (QED) is 0.0648. The van der Waals surface area contributed by atoms with Gasteiger partial charge in [-0.2, -0.15) is 0 Å². The number of carbonyl (C=O) groups excluding carboxylic acids is 1. The fourth-order valence-corrected chi connectivity index (χ4v) is 6.89. The van der Waals surface area contributed by atoms with Crippen molar-refractivity contribution < 1.29 is 14.7 Å². The van der Waals surface area contributed by atoms with Gasteiger partial charge in [0.15, 0.2) is 0 Å². The zero-order valence-electron chi connectivity index (χ0n) is 31.3. The molecule has 46 heavy (non-hydrogen) atoms. The fourth-order valence-electron chi connectivity index (χ4n) is 6.89. The average molecular weight is 651 g/mol. The zero-order valence-corrected chi connectivity index (χ0v) is 31.3. The van der Waals surface area contributed by atoms with E-state index in [2.05, 4.69) is 18.7 Å². The molecule has 5 nitrogen and oxygen atoms in total. The maximum Gasteiger partial charge on any atom is 0.320 e. The van der Waals surface area contributed by atoms with Gasteiger partial charge in [-0.3, -0.25) is 14.5 Å². The van der Waals surface area contributed by atoms with Gasteiger partial charge in [0.05, 0.1) is 0 Å². The predicted molar refractivity (Wildman–Crippen MR) is 201 cm³/mol. The smallest absolute Gasteiger partial charge is 0.320 e. The Balaban J connectivity index is 3.99. The number of unbranched alkanes of at least 4 members (excludes halogenated alkanes) is 30. The summed E-state index contributed by atoms with van der Waals surface area (Å²) in [4.78, 5) is 25.6. The Hall–Kier alpha value is -1.10. The van der Waals surface area contributed by atoms with Gasteiger partial charge in [0.1, 0.15) is 6.04 Å². The lowest BCUT2D eigenvalue weighted by Gasteiger charge is -2.29. The van der Waals surface area contributed by atoms with Crippen molar-refractivity contribution >= 4 is 11.9 Å². The second-order valence-electron chi connectivity index (χ2n) is 14.5. The van der Waals surface area contributed by atoms with Crippen molar-refractivity contribution in [3.8, 4) is 0 Å². The highest BCUT2D eigenvalue weighted by Crippen LogP contribution is 2.17. The molecule has 1 amide bonds. The van der Waals surface area contributed by atoms with E-state index >= 15 is 0 Å². The lowest BCUT2D eigenvalue weighted by molar-refractivity contribution is -0.143. The van der Waals surface area contributed by atoms with E-state index in [0.29, 0.717) is 6.42 Å². The lowest BCUT2D eigenvalue weighted by Crippen LogP contribution is -2.43. The van der Waals surface area contributed by atoms with Crippen LogP contribution in [0.25, 0.3) is 0 Å². The molecule has 0 aromatic carbocycles. The molecular formula is C41H82N2O3. The molecule has 1 atom stereocenters. The van der Waals surface area contributed by atoms with Gasteiger partial charge >= 0.3 is 5.97 Å². The van der Waals surface area contributed by atoms with Crippen LogP contribution >= 0.6 is 0 Å². The van der Waals surface area contributed by atoms with E-state index in [4.69, 9.17) is 5.73 Å². The molecule has 3 N–H and O–H groups in total. The maximum absolute atomic E-state index is 12.1. The molecular weight excluding hydrogens is 568 g/mol. The maximum atomic E-state index is 12.1. The first kappa shape index (κ1) is 44.9. The number of amides is 1. The van der Waals surface area contributed by atoms with Crippen LogP contribution in [0.3, 0.4) is 0 Å². The molecule has 0 aromatic rings. The second-order valence-corrected chi connectivity index (χ2v) is 14.5. The monoisotopic (exact) mass is 651 g/mol. The van der Waals surface area contributed by atoms with Crippen LogP contribution in [0.15, 0.2) is 0 Å². The van der Waals surface area contributed by atoms with Gasteiger partial charge in [0.2, 0.25) is 5.91 Å². The number of carboxylic acid groups (broad SMARTS) is 1. The number of nitrogens with two attached hydrogens (primary N) is 1. The van der Waals surface area contributed by atoms with Crippen LogP contribution in [0.1, 0.15) is 232 Å². The number of carbonyl (C=O) groups is 2. The van der Waals surface area contributed by atoms with E-state index in [9.17, 15) is 14.7 Å². The highest BCUT2D eigenvalue weighted by Gasteiger charge is 2.25. The summed E-state index contributed by atoms with van der Waals surface area (Å²) in [6.45, 7) is 6.19. The largest absolute Gasteiger partial charge is 0.480 e. The van der Waals surface area contributed by atoms with E-state index in [0.717, 1.165) is 38.8 Å². The summed E-state index contributed by atoms with van der Waals surface area (Å²) in [5.74, 6) is -1.22. The highest BCUT2D eigenvalue weighted by atomic mass is 16.4. The number of nitrogens with zero attached hydrogens (tertiary/aromatic N) is 1. The summed E-state index contributed by atoms with van der Waals surface area (Å²) < 4.78 is 0. The fraction of sp³-hybridized carbons (Fsp3) is 0.951. The van der Waals surface area contributed by atoms with Gasteiger partial charge in [-0.25, -0.2) is 0 Å². The Morgan fingerprint density at radius 1 is 0.457 bits per heavy atom. The Kier molecular flexibility index (Phi) is 35.9. The summed E-state index contributed by atoms with van der Waals surface area (Å²) in [6, 6.07) is -0.597. The van der Waals surface area contributed by atoms with Gasteiger partial charge in [-0.1, -0.05) is 206 Å². The Labute approximate surface area is 288 Å². The van der Waals surface area contributed by atoms with Crippen molar-refractivity contribution in [1.82, 2.24) is 4.90 Å². The predicted octanol–water partition coefficient (Wildman–Crippen LogP) is 12.5. The molecule has 0 rings (SSSR count). The number of hydrogen-bond acceptors (Lipinski definition) is 3. The summed E-state index contributed by atoms with van der Waals surface area (Å²) >= 11 is 0. The first-order chi connectivity index (χ1) is 22.5. The van der Waals surface area contributed by atoms with E-state index in [1.54, 1.807) is 0 Å². The Morgan fingerprint density at radius 2 is 0.696 bits per heavy atom. The topological polar surface area (TPSA) is 83.6 Å². The molecule has 0 aliphatic rings. The van der Waals surface area contributed by atoms with E-state index < -0.39 is 17.9 Å². The van der Waals surface area contributed by atoms with E-state index in [-0.39, 0.29) is 6.42 Å². The zero-order chi connectivity index (χ0) is 33.8. The number of primary amides is 1. The van der Waals surface area contributed by atoms with Crippen molar-refractivity contribution in [3.05, 3.63) is 0 Å². The van der Waals surface area contributed by atoms with Gasteiger partial charge in [-0.05, 0) is 32.4 Å². The minimum atomic E-state index is -0.811. The van der Waals surface area contributed by atoms with Crippen LogP contribution in [-0.2, 0) is 9.59 Å². The SMILES string of the molecule is CCCCCCCCCCCCCCCCCCN(CCCCCCCCCCCCCCCCCC)[C@@H](CCC(N)=O)C(=O)O. The Bertz CT molecular complexity index is 605. The third kappa shape index (κ3) is 32.8. The number of hydrogen-bond donors (Lipinski definition) is 2. The van der Waals surface area contributed by atoms with Crippen LogP contribution in [0, 0.1) is 0 Å². The summed E-state index contributed by atoms with van der Waals surface area (Å²) in [6.07, 6.45) is 43.4. The van der Waals surface area contributed by atoms with Gasteiger partial charge in [0, 0.05) is 6.42 Å². The van der Waals surface area contributed by atoms with Crippen molar-refractivity contribution in [2.24, 2.45) is 5.73 Å². The first-order valence-corrected chi connectivity index (χ1v) is 20.8. The molecule has 0 aromatic heterocycles. The molecule has 0 fully saturated rings. The minimum absolute atomic E-state index is 0.144. The molecule has 0 unspecified atom stereocenters. The molecule has 0 aliphatic heterocycles. The highest BCUT2D eigenvalue weighted by molar-refractivity contribution is 5.77. The van der Waals surface area contributed by atoms with E-state index in [1.807, 2.05) is 0 Å². The molecule has 0 aliphatic carbocycles. The first-order valence-electron chi connectivity index (χ1n) is 20.8. The molecule has 0 spiro atoms. The van der Waals surface area contributed by atoms with Crippen molar-refractivity contribution in [1.29, 1.82) is 0 Å². The van der Waals surface area contributed by atoms with Gasteiger partial charge in [0.25, 0.3) is 0 Å². The Morgan fingerprint density at radius 3 is 0.913 bits per heavy atom.